The van der Waals surface area contributed by atoms with Crippen molar-refractivity contribution >= 4 is 62.6 Å². The average Bonchev–Trinajstić information content (AvgIpc) is 2.39. The van der Waals surface area contributed by atoms with Crippen LogP contribution in [0.2, 0.25) is 15.1 Å². The van der Waals surface area contributed by atoms with E-state index in [0.717, 1.165) is 17.1 Å². The van der Waals surface area contributed by atoms with E-state index in [2.05, 4.69) is 0 Å². The van der Waals surface area contributed by atoms with Crippen LogP contribution in [-0.4, -0.2) is 6.29 Å². The van der Waals surface area contributed by atoms with Gasteiger partial charge in [-0.25, -0.2) is 0 Å². The second-order valence-electron chi connectivity index (χ2n) is 4.17. The van der Waals surface area contributed by atoms with Crippen molar-refractivity contribution in [3.63, 3.8) is 0 Å². The van der Waals surface area contributed by atoms with Crippen molar-refractivity contribution in [1.82, 2.24) is 0 Å². The van der Waals surface area contributed by atoms with Gasteiger partial charge in [0.1, 0.15) is 0 Å². The summed E-state index contributed by atoms with van der Waals surface area (Å²) in [5.41, 5.74) is 0.555. The summed E-state index contributed by atoms with van der Waals surface area (Å²) in [6, 6.07) is 10.7. The summed E-state index contributed by atoms with van der Waals surface area (Å²) in [5, 5.41) is 4.29. The van der Waals surface area contributed by atoms with Gasteiger partial charge in [0.05, 0.1) is 5.02 Å². The molecule has 0 bridgehead atoms. The van der Waals surface area contributed by atoms with Gasteiger partial charge >= 0.3 is 0 Å². The maximum Gasteiger partial charge on any atom is 0.151 e. The lowest BCUT2D eigenvalue weighted by atomic mass is 9.97. The zero-order valence-corrected chi connectivity index (χ0v) is 11.9. The third-order valence-electron chi connectivity index (χ3n) is 3.16. The number of hydrogen-bond acceptors (Lipinski definition) is 1. The predicted octanol–water partition coefficient (Wildman–Crippen LogP) is 5.77. The van der Waals surface area contributed by atoms with Crippen LogP contribution in [0.4, 0.5) is 0 Å². The van der Waals surface area contributed by atoms with Crippen LogP contribution in [0, 0.1) is 0 Å². The zero-order chi connectivity index (χ0) is 13.6. The third-order valence-corrected chi connectivity index (χ3v) is 4.17. The Morgan fingerprint density at radius 3 is 1.68 bits per heavy atom. The highest BCUT2D eigenvalue weighted by Crippen LogP contribution is 2.41. The number of rotatable bonds is 1. The van der Waals surface area contributed by atoms with Crippen LogP contribution in [-0.2, 0) is 0 Å². The van der Waals surface area contributed by atoms with E-state index >= 15 is 0 Å². The average molecular weight is 310 g/mol. The van der Waals surface area contributed by atoms with Crippen LogP contribution < -0.4 is 0 Å². The van der Waals surface area contributed by atoms with Crippen molar-refractivity contribution in [2.45, 2.75) is 0 Å². The molecule has 19 heavy (non-hydrogen) atoms. The number of carbonyl (C=O) groups excluding carboxylic acids is 1. The maximum atomic E-state index is 11.4. The molecule has 0 radical (unpaired) electrons. The van der Waals surface area contributed by atoms with Gasteiger partial charge < -0.3 is 0 Å². The van der Waals surface area contributed by atoms with Gasteiger partial charge in [-0.3, -0.25) is 4.79 Å². The van der Waals surface area contributed by atoms with E-state index in [1.165, 1.54) is 0 Å². The van der Waals surface area contributed by atoms with Gasteiger partial charge in [-0.05, 0) is 22.9 Å². The van der Waals surface area contributed by atoms with Gasteiger partial charge in [0.25, 0.3) is 0 Å². The van der Waals surface area contributed by atoms with Crippen LogP contribution in [0.3, 0.4) is 0 Å². The highest BCUT2D eigenvalue weighted by atomic mass is 35.5. The summed E-state index contributed by atoms with van der Waals surface area (Å²) in [6.07, 6.45) is 0.813. The molecule has 0 saturated carbocycles. The number of hydrogen-bond donors (Lipinski definition) is 0. The minimum absolute atomic E-state index is 0.479. The van der Waals surface area contributed by atoms with Gasteiger partial charge in [0, 0.05) is 26.4 Å². The quantitative estimate of drug-likeness (QED) is 0.412. The molecule has 0 fully saturated rings. The SMILES string of the molecule is O=Cc1c2cccc(Cl)c2c(Cl)c2c(Cl)cccc12. The van der Waals surface area contributed by atoms with Crippen molar-refractivity contribution in [3.8, 4) is 0 Å². The molecule has 4 heteroatoms. The molecule has 0 aromatic heterocycles. The monoisotopic (exact) mass is 308 g/mol. The number of benzene rings is 3. The Morgan fingerprint density at radius 1 is 0.789 bits per heavy atom. The first kappa shape index (κ1) is 12.7. The molecule has 0 N–H and O–H groups in total. The van der Waals surface area contributed by atoms with Crippen molar-refractivity contribution in [2.75, 3.05) is 0 Å². The molecule has 0 aliphatic carbocycles. The first-order valence-corrected chi connectivity index (χ1v) is 6.71. The van der Waals surface area contributed by atoms with E-state index in [-0.39, 0.29) is 0 Å². The molecule has 0 saturated heterocycles. The summed E-state index contributed by atoms with van der Waals surface area (Å²) in [4.78, 5) is 11.4. The molecule has 0 heterocycles. The fourth-order valence-electron chi connectivity index (χ4n) is 2.34. The first-order valence-electron chi connectivity index (χ1n) is 5.58. The molecular weight excluding hydrogens is 303 g/mol. The normalized spacial score (nSPS) is 11.1. The Labute approximate surface area is 124 Å². The highest BCUT2D eigenvalue weighted by Gasteiger charge is 2.16. The molecule has 0 atom stereocenters. The molecule has 0 unspecified atom stereocenters. The topological polar surface area (TPSA) is 17.1 Å². The van der Waals surface area contributed by atoms with Gasteiger partial charge in [-0.2, -0.15) is 0 Å². The van der Waals surface area contributed by atoms with Gasteiger partial charge in [-0.1, -0.05) is 59.1 Å². The second-order valence-corrected chi connectivity index (χ2v) is 5.36. The lowest BCUT2D eigenvalue weighted by Gasteiger charge is -2.12. The van der Waals surface area contributed by atoms with E-state index < -0.39 is 0 Å². The lowest BCUT2D eigenvalue weighted by molar-refractivity contribution is 0.112. The molecule has 94 valence electrons. The largest absolute Gasteiger partial charge is 0.298 e. The van der Waals surface area contributed by atoms with E-state index in [0.29, 0.717) is 31.4 Å². The number of fused-ring (bicyclic) bond motifs is 2. The van der Waals surface area contributed by atoms with Crippen molar-refractivity contribution in [1.29, 1.82) is 0 Å². The van der Waals surface area contributed by atoms with Crippen LogP contribution in [0.25, 0.3) is 21.5 Å². The fraction of sp³-hybridized carbons (Fsp3) is 0. The van der Waals surface area contributed by atoms with Crippen molar-refractivity contribution in [3.05, 3.63) is 57.0 Å². The van der Waals surface area contributed by atoms with Crippen LogP contribution in [0.1, 0.15) is 10.4 Å². The van der Waals surface area contributed by atoms with Gasteiger partial charge in [0.15, 0.2) is 6.29 Å². The second kappa shape index (κ2) is 4.68. The molecule has 0 amide bonds. The Balaban J connectivity index is 2.73. The smallest absolute Gasteiger partial charge is 0.151 e. The highest BCUT2D eigenvalue weighted by molar-refractivity contribution is 6.49. The van der Waals surface area contributed by atoms with Crippen molar-refractivity contribution in [2.24, 2.45) is 0 Å². The van der Waals surface area contributed by atoms with Gasteiger partial charge in [-0.15, -0.1) is 0 Å². The summed E-state index contributed by atoms with van der Waals surface area (Å²) in [5.74, 6) is 0. The molecule has 3 aromatic rings. The molecule has 0 spiro atoms. The lowest BCUT2D eigenvalue weighted by Crippen LogP contribution is -1.90. The Kier molecular flexibility index (Phi) is 3.14. The van der Waals surface area contributed by atoms with E-state index in [1.54, 1.807) is 24.3 Å². The Hall–Kier alpha value is -1.28. The third kappa shape index (κ3) is 1.81. The summed E-state index contributed by atoms with van der Waals surface area (Å²) >= 11 is 18.8. The number of carbonyl (C=O) groups is 1. The summed E-state index contributed by atoms with van der Waals surface area (Å²) in [7, 11) is 0. The Bertz CT molecular complexity index is 762. The molecular formula is C15H7Cl3O. The van der Waals surface area contributed by atoms with Crippen LogP contribution >= 0.6 is 34.8 Å². The van der Waals surface area contributed by atoms with Crippen LogP contribution in [0.15, 0.2) is 36.4 Å². The van der Waals surface area contributed by atoms with Crippen LogP contribution in [0.5, 0.6) is 0 Å². The van der Waals surface area contributed by atoms with Crippen molar-refractivity contribution < 1.29 is 4.79 Å². The minimum Gasteiger partial charge on any atom is -0.298 e. The standard InChI is InChI=1S/C15H7Cl3O/c16-11-5-1-3-8-10(7-19)9-4-2-6-12(17)14(9)15(18)13(8)11/h1-7H. The molecule has 1 nitrogen and oxygen atoms in total. The zero-order valence-electron chi connectivity index (χ0n) is 9.58. The number of aldehydes is 1. The molecule has 0 aliphatic rings. The molecule has 3 rings (SSSR count). The van der Waals surface area contributed by atoms with E-state index in [9.17, 15) is 4.79 Å². The van der Waals surface area contributed by atoms with E-state index in [4.69, 9.17) is 34.8 Å². The summed E-state index contributed by atoms with van der Waals surface area (Å²) < 4.78 is 0. The Morgan fingerprint density at radius 2 is 1.26 bits per heavy atom. The predicted molar refractivity (Wildman–Crippen MR) is 81.9 cm³/mol. The molecule has 0 aliphatic heterocycles. The number of halogens is 3. The minimum atomic E-state index is 0.479. The van der Waals surface area contributed by atoms with E-state index in [1.807, 2.05) is 12.1 Å². The maximum absolute atomic E-state index is 11.4. The molecule has 3 aromatic carbocycles. The fourth-order valence-corrected chi connectivity index (χ4v) is 3.38. The first-order chi connectivity index (χ1) is 9.15. The van der Waals surface area contributed by atoms with Gasteiger partial charge in [0.2, 0.25) is 0 Å². The summed E-state index contributed by atoms with van der Waals surface area (Å²) in [6.45, 7) is 0.